The highest BCUT2D eigenvalue weighted by Crippen LogP contribution is 2.25. The molecule has 1 atom stereocenters. The van der Waals surface area contributed by atoms with Crippen LogP contribution in [0.15, 0.2) is 0 Å². The maximum Gasteiger partial charge on any atom is 0.309 e. The van der Waals surface area contributed by atoms with Crippen LogP contribution in [-0.4, -0.2) is 25.3 Å². The van der Waals surface area contributed by atoms with Gasteiger partial charge in [0.25, 0.3) is 0 Å². The van der Waals surface area contributed by atoms with Crippen molar-refractivity contribution < 1.29 is 14.3 Å². The summed E-state index contributed by atoms with van der Waals surface area (Å²) in [4.78, 5) is 11.7. The van der Waals surface area contributed by atoms with Gasteiger partial charge in [0.05, 0.1) is 12.0 Å². The monoisotopic (exact) mass is 212 g/mol. The fourth-order valence-corrected chi connectivity index (χ4v) is 2.41. The summed E-state index contributed by atoms with van der Waals surface area (Å²) in [6.45, 7) is 1.29. The van der Waals surface area contributed by atoms with Crippen molar-refractivity contribution in [2.45, 2.75) is 51.0 Å². The number of hydrogen-bond acceptors (Lipinski definition) is 3. The van der Waals surface area contributed by atoms with Crippen LogP contribution in [0.3, 0.4) is 0 Å². The third-order valence-electron chi connectivity index (χ3n) is 3.37. The van der Waals surface area contributed by atoms with Crippen LogP contribution < -0.4 is 0 Å². The average Bonchev–Trinajstić information content (AvgIpc) is 2.80. The zero-order chi connectivity index (χ0) is 10.5. The van der Waals surface area contributed by atoms with E-state index in [1.54, 1.807) is 0 Å². The topological polar surface area (TPSA) is 35.5 Å². The lowest BCUT2D eigenvalue weighted by atomic mass is 9.89. The Kier molecular flexibility index (Phi) is 4.01. The van der Waals surface area contributed by atoms with Crippen LogP contribution in [0.2, 0.25) is 0 Å². The van der Waals surface area contributed by atoms with Gasteiger partial charge in [-0.3, -0.25) is 4.79 Å². The fourth-order valence-electron chi connectivity index (χ4n) is 2.41. The Morgan fingerprint density at radius 3 is 2.60 bits per heavy atom. The van der Waals surface area contributed by atoms with Crippen molar-refractivity contribution in [2.24, 2.45) is 5.92 Å². The van der Waals surface area contributed by atoms with Gasteiger partial charge in [0.15, 0.2) is 0 Å². The SMILES string of the molecule is O=C(OCC1CCCO1)C1CCCCC1. The summed E-state index contributed by atoms with van der Waals surface area (Å²) in [6, 6.07) is 0. The number of carbonyl (C=O) groups is 1. The van der Waals surface area contributed by atoms with E-state index in [1.165, 1.54) is 19.3 Å². The van der Waals surface area contributed by atoms with Crippen molar-refractivity contribution in [1.29, 1.82) is 0 Å². The smallest absolute Gasteiger partial charge is 0.309 e. The van der Waals surface area contributed by atoms with Crippen molar-refractivity contribution in [3.63, 3.8) is 0 Å². The van der Waals surface area contributed by atoms with Crippen LogP contribution in [0.4, 0.5) is 0 Å². The molecule has 1 aliphatic carbocycles. The normalized spacial score (nSPS) is 27.9. The molecule has 0 bridgehead atoms. The minimum atomic E-state index is 0.00481. The van der Waals surface area contributed by atoms with Gasteiger partial charge >= 0.3 is 5.97 Å². The average molecular weight is 212 g/mol. The molecule has 3 heteroatoms. The molecule has 0 aromatic heterocycles. The summed E-state index contributed by atoms with van der Waals surface area (Å²) in [7, 11) is 0. The van der Waals surface area contributed by atoms with Crippen molar-refractivity contribution in [1.82, 2.24) is 0 Å². The Balaban J connectivity index is 1.66. The highest BCUT2D eigenvalue weighted by atomic mass is 16.6. The van der Waals surface area contributed by atoms with Gasteiger partial charge in [-0.05, 0) is 25.7 Å². The zero-order valence-electron chi connectivity index (χ0n) is 9.24. The largest absolute Gasteiger partial charge is 0.463 e. The second-order valence-corrected chi connectivity index (χ2v) is 4.60. The lowest BCUT2D eigenvalue weighted by Gasteiger charge is -2.20. The zero-order valence-corrected chi connectivity index (χ0v) is 9.24. The van der Waals surface area contributed by atoms with Gasteiger partial charge < -0.3 is 9.47 Å². The highest BCUT2D eigenvalue weighted by Gasteiger charge is 2.24. The molecular formula is C12H20O3. The molecule has 0 aromatic carbocycles. The molecule has 1 saturated carbocycles. The van der Waals surface area contributed by atoms with E-state index < -0.39 is 0 Å². The molecule has 0 radical (unpaired) electrons. The molecule has 0 N–H and O–H groups in total. The van der Waals surface area contributed by atoms with Crippen molar-refractivity contribution >= 4 is 5.97 Å². The van der Waals surface area contributed by atoms with Gasteiger partial charge in [-0.2, -0.15) is 0 Å². The second-order valence-electron chi connectivity index (χ2n) is 4.60. The first kappa shape index (κ1) is 10.9. The van der Waals surface area contributed by atoms with Crippen LogP contribution in [0.25, 0.3) is 0 Å². The van der Waals surface area contributed by atoms with Gasteiger partial charge in [0, 0.05) is 6.61 Å². The summed E-state index contributed by atoms with van der Waals surface area (Å²) in [5.74, 6) is 0.172. The van der Waals surface area contributed by atoms with Crippen LogP contribution in [0, 0.1) is 5.92 Å². The first-order valence-electron chi connectivity index (χ1n) is 6.14. The van der Waals surface area contributed by atoms with Crippen LogP contribution in [0.5, 0.6) is 0 Å². The third-order valence-corrected chi connectivity index (χ3v) is 3.37. The van der Waals surface area contributed by atoms with E-state index >= 15 is 0 Å². The van der Waals surface area contributed by atoms with Gasteiger partial charge in [-0.1, -0.05) is 19.3 Å². The van der Waals surface area contributed by atoms with E-state index in [0.717, 1.165) is 32.3 Å². The fraction of sp³-hybridized carbons (Fsp3) is 0.917. The lowest BCUT2D eigenvalue weighted by Crippen LogP contribution is -2.24. The minimum absolute atomic E-state index is 0.00481. The Labute approximate surface area is 91.1 Å². The van der Waals surface area contributed by atoms with E-state index in [4.69, 9.17) is 9.47 Å². The number of hydrogen-bond donors (Lipinski definition) is 0. The maximum absolute atomic E-state index is 11.7. The summed E-state index contributed by atoms with van der Waals surface area (Å²) < 4.78 is 10.7. The predicted octanol–water partition coefficient (Wildman–Crippen LogP) is 2.29. The molecule has 0 aromatic rings. The van der Waals surface area contributed by atoms with E-state index in [0.29, 0.717) is 6.61 Å². The lowest BCUT2D eigenvalue weighted by molar-refractivity contribution is -0.152. The number of ether oxygens (including phenoxy) is 2. The summed E-state index contributed by atoms with van der Waals surface area (Å²) in [6.07, 6.45) is 7.98. The molecule has 1 unspecified atom stereocenters. The Bertz CT molecular complexity index is 203. The van der Waals surface area contributed by atoms with Crippen LogP contribution in [-0.2, 0) is 14.3 Å². The summed E-state index contributed by atoms with van der Waals surface area (Å²) >= 11 is 0. The second kappa shape index (κ2) is 5.50. The molecule has 3 nitrogen and oxygen atoms in total. The molecule has 1 aliphatic heterocycles. The quantitative estimate of drug-likeness (QED) is 0.673. The predicted molar refractivity (Wildman–Crippen MR) is 56.5 cm³/mol. The van der Waals surface area contributed by atoms with Gasteiger partial charge in [0.2, 0.25) is 0 Å². The van der Waals surface area contributed by atoms with E-state index in [-0.39, 0.29) is 18.0 Å². The number of carbonyl (C=O) groups excluding carboxylic acids is 1. The van der Waals surface area contributed by atoms with Gasteiger partial charge in [0.1, 0.15) is 6.61 Å². The van der Waals surface area contributed by atoms with E-state index in [2.05, 4.69) is 0 Å². The van der Waals surface area contributed by atoms with Crippen molar-refractivity contribution in [3.05, 3.63) is 0 Å². The molecule has 2 rings (SSSR count). The highest BCUT2D eigenvalue weighted by molar-refractivity contribution is 5.72. The number of rotatable bonds is 3. The molecular weight excluding hydrogens is 192 g/mol. The molecule has 15 heavy (non-hydrogen) atoms. The van der Waals surface area contributed by atoms with Crippen molar-refractivity contribution in [2.75, 3.05) is 13.2 Å². The molecule has 0 amide bonds. The summed E-state index contributed by atoms with van der Waals surface area (Å²) in [5.41, 5.74) is 0. The Morgan fingerprint density at radius 2 is 1.93 bits per heavy atom. The Hall–Kier alpha value is -0.570. The molecule has 86 valence electrons. The van der Waals surface area contributed by atoms with Crippen LogP contribution in [0.1, 0.15) is 44.9 Å². The maximum atomic E-state index is 11.7. The van der Waals surface area contributed by atoms with E-state index in [1.807, 2.05) is 0 Å². The molecule has 2 fully saturated rings. The molecule has 2 aliphatic rings. The van der Waals surface area contributed by atoms with E-state index in [9.17, 15) is 4.79 Å². The standard InChI is InChI=1S/C12H20O3/c13-12(10-5-2-1-3-6-10)15-9-11-7-4-8-14-11/h10-11H,1-9H2. The van der Waals surface area contributed by atoms with Crippen molar-refractivity contribution in [3.8, 4) is 0 Å². The van der Waals surface area contributed by atoms with Crippen LogP contribution >= 0.6 is 0 Å². The molecule has 1 saturated heterocycles. The Morgan fingerprint density at radius 1 is 1.13 bits per heavy atom. The number of esters is 1. The molecule has 1 heterocycles. The first-order chi connectivity index (χ1) is 7.36. The van der Waals surface area contributed by atoms with Gasteiger partial charge in [-0.15, -0.1) is 0 Å². The third kappa shape index (κ3) is 3.20. The van der Waals surface area contributed by atoms with Gasteiger partial charge in [-0.25, -0.2) is 0 Å². The summed E-state index contributed by atoms with van der Waals surface area (Å²) in [5, 5.41) is 0. The first-order valence-corrected chi connectivity index (χ1v) is 6.14. The molecule has 0 spiro atoms. The minimum Gasteiger partial charge on any atom is -0.463 e.